The molecule has 1 aromatic rings. The maximum atomic E-state index is 12.3. The fourth-order valence-corrected chi connectivity index (χ4v) is 2.43. The normalized spacial score (nSPS) is 14.7. The molecular weight excluding hydrogens is 322 g/mol. The van der Waals surface area contributed by atoms with Crippen LogP contribution >= 0.6 is 0 Å². The highest BCUT2D eigenvalue weighted by Gasteiger charge is 2.24. The van der Waals surface area contributed by atoms with E-state index in [0.717, 1.165) is 5.56 Å². The Balaban J connectivity index is 1.82. The smallest absolute Gasteiger partial charge is 0.409 e. The predicted octanol–water partition coefficient (Wildman–Crippen LogP) is 2.13. The highest BCUT2D eigenvalue weighted by Crippen LogP contribution is 2.16. The monoisotopic (exact) mass is 342 g/mol. The number of ether oxygens (including phenoxy) is 2. The standard InChI is InChI=1S/C16H20F2N2O4/c1-2-23-16(22)20-9-7-19(8-10-20)14(21)11-12-3-5-13(6-4-12)24-15(17)18/h3-6,15H,2,7-11H2,1H3. The van der Waals surface area contributed by atoms with E-state index >= 15 is 0 Å². The Morgan fingerprint density at radius 2 is 1.67 bits per heavy atom. The predicted molar refractivity (Wildman–Crippen MR) is 82.0 cm³/mol. The van der Waals surface area contributed by atoms with E-state index in [9.17, 15) is 18.4 Å². The molecule has 0 radical (unpaired) electrons. The maximum absolute atomic E-state index is 12.3. The van der Waals surface area contributed by atoms with Crippen LogP contribution in [0, 0.1) is 0 Å². The van der Waals surface area contributed by atoms with Gasteiger partial charge < -0.3 is 19.3 Å². The van der Waals surface area contributed by atoms with Gasteiger partial charge in [0.05, 0.1) is 13.0 Å². The number of carbonyl (C=O) groups excluding carboxylic acids is 2. The van der Waals surface area contributed by atoms with Gasteiger partial charge >= 0.3 is 12.7 Å². The number of halogens is 2. The first-order valence-electron chi connectivity index (χ1n) is 7.73. The summed E-state index contributed by atoms with van der Waals surface area (Å²) in [5, 5.41) is 0. The van der Waals surface area contributed by atoms with Crippen molar-refractivity contribution < 1.29 is 27.8 Å². The zero-order chi connectivity index (χ0) is 17.5. The lowest BCUT2D eigenvalue weighted by Crippen LogP contribution is -2.51. The van der Waals surface area contributed by atoms with Crippen LogP contribution < -0.4 is 4.74 Å². The molecule has 1 aliphatic heterocycles. The van der Waals surface area contributed by atoms with Gasteiger partial charge in [-0.3, -0.25) is 4.79 Å². The summed E-state index contributed by atoms with van der Waals surface area (Å²) in [6, 6.07) is 6.00. The first-order valence-corrected chi connectivity index (χ1v) is 7.73. The molecule has 1 heterocycles. The second kappa shape index (κ2) is 8.47. The van der Waals surface area contributed by atoms with Crippen LogP contribution in [-0.2, 0) is 16.0 Å². The highest BCUT2D eigenvalue weighted by molar-refractivity contribution is 5.79. The Kier molecular flexibility index (Phi) is 6.34. The van der Waals surface area contributed by atoms with E-state index in [1.807, 2.05) is 0 Å². The summed E-state index contributed by atoms with van der Waals surface area (Å²) in [4.78, 5) is 27.1. The van der Waals surface area contributed by atoms with E-state index in [1.165, 1.54) is 12.1 Å². The molecule has 1 saturated heterocycles. The number of hydrogen-bond donors (Lipinski definition) is 0. The van der Waals surface area contributed by atoms with Gasteiger partial charge in [-0.25, -0.2) is 4.79 Å². The number of hydrogen-bond acceptors (Lipinski definition) is 4. The van der Waals surface area contributed by atoms with Crippen LogP contribution in [0.25, 0.3) is 0 Å². The molecule has 6 nitrogen and oxygen atoms in total. The number of nitrogens with zero attached hydrogens (tertiary/aromatic N) is 2. The largest absolute Gasteiger partial charge is 0.450 e. The first kappa shape index (κ1) is 18.0. The lowest BCUT2D eigenvalue weighted by Gasteiger charge is -2.34. The molecule has 0 atom stereocenters. The fraction of sp³-hybridized carbons (Fsp3) is 0.500. The van der Waals surface area contributed by atoms with Gasteiger partial charge in [0.2, 0.25) is 5.91 Å². The van der Waals surface area contributed by atoms with Crippen molar-refractivity contribution in [3.8, 4) is 5.75 Å². The molecule has 0 saturated carbocycles. The summed E-state index contributed by atoms with van der Waals surface area (Å²) in [6.45, 7) is 0.970. The fourth-order valence-electron chi connectivity index (χ4n) is 2.43. The van der Waals surface area contributed by atoms with Crippen LogP contribution in [0.15, 0.2) is 24.3 Å². The molecule has 0 bridgehead atoms. The van der Waals surface area contributed by atoms with E-state index in [0.29, 0.717) is 32.8 Å². The van der Waals surface area contributed by atoms with Gasteiger partial charge in [0.1, 0.15) is 5.75 Å². The molecule has 2 amide bonds. The van der Waals surface area contributed by atoms with Crippen molar-refractivity contribution in [3.05, 3.63) is 29.8 Å². The first-order chi connectivity index (χ1) is 11.5. The minimum Gasteiger partial charge on any atom is -0.450 e. The third kappa shape index (κ3) is 5.07. The summed E-state index contributed by atoms with van der Waals surface area (Å²) < 4.78 is 33.4. The van der Waals surface area contributed by atoms with Crippen molar-refractivity contribution in [1.29, 1.82) is 0 Å². The number of amides is 2. The Hall–Kier alpha value is -2.38. The number of piperazine rings is 1. The number of benzene rings is 1. The molecule has 0 unspecified atom stereocenters. The van der Waals surface area contributed by atoms with Crippen molar-refractivity contribution in [2.24, 2.45) is 0 Å². The maximum Gasteiger partial charge on any atom is 0.409 e. The van der Waals surface area contributed by atoms with Gasteiger partial charge in [-0.05, 0) is 24.6 Å². The van der Waals surface area contributed by atoms with Gasteiger partial charge in [0.15, 0.2) is 0 Å². The minimum atomic E-state index is -2.87. The topological polar surface area (TPSA) is 59.1 Å². The molecular formula is C16H20F2N2O4. The van der Waals surface area contributed by atoms with Crippen molar-refractivity contribution in [2.45, 2.75) is 20.0 Å². The quantitative estimate of drug-likeness (QED) is 0.823. The van der Waals surface area contributed by atoms with Crippen LogP contribution in [0.5, 0.6) is 5.75 Å². The third-order valence-electron chi connectivity index (χ3n) is 3.66. The van der Waals surface area contributed by atoms with Crippen LogP contribution in [0.4, 0.5) is 13.6 Å². The number of carbonyl (C=O) groups is 2. The Morgan fingerprint density at radius 1 is 1.08 bits per heavy atom. The van der Waals surface area contributed by atoms with Gasteiger partial charge in [-0.1, -0.05) is 12.1 Å². The second-order valence-electron chi connectivity index (χ2n) is 5.27. The van der Waals surface area contributed by atoms with Gasteiger partial charge in [-0.2, -0.15) is 8.78 Å². The van der Waals surface area contributed by atoms with Gasteiger partial charge in [0, 0.05) is 26.2 Å². The van der Waals surface area contributed by atoms with E-state index in [1.54, 1.807) is 28.9 Å². The Labute approximate surface area is 138 Å². The van der Waals surface area contributed by atoms with Crippen molar-refractivity contribution in [2.75, 3.05) is 32.8 Å². The zero-order valence-corrected chi connectivity index (χ0v) is 13.4. The van der Waals surface area contributed by atoms with Gasteiger partial charge in [0.25, 0.3) is 0 Å². The molecule has 0 aromatic heterocycles. The second-order valence-corrected chi connectivity index (χ2v) is 5.27. The van der Waals surface area contributed by atoms with Crippen LogP contribution in [-0.4, -0.2) is 61.2 Å². The van der Waals surface area contributed by atoms with Crippen LogP contribution in [0.1, 0.15) is 12.5 Å². The molecule has 8 heteroatoms. The van der Waals surface area contributed by atoms with Crippen molar-refractivity contribution in [3.63, 3.8) is 0 Å². The summed E-state index contributed by atoms with van der Waals surface area (Å²) in [5.74, 6) is -0.00899. The Bertz CT molecular complexity index is 558. The van der Waals surface area contributed by atoms with E-state index in [4.69, 9.17) is 4.74 Å². The highest BCUT2D eigenvalue weighted by atomic mass is 19.3. The van der Waals surface area contributed by atoms with E-state index < -0.39 is 6.61 Å². The molecule has 132 valence electrons. The van der Waals surface area contributed by atoms with E-state index in [2.05, 4.69) is 4.74 Å². The number of alkyl halides is 2. The zero-order valence-electron chi connectivity index (χ0n) is 13.4. The lowest BCUT2D eigenvalue weighted by molar-refractivity contribution is -0.132. The lowest BCUT2D eigenvalue weighted by atomic mass is 10.1. The molecule has 2 rings (SSSR count). The van der Waals surface area contributed by atoms with Crippen molar-refractivity contribution in [1.82, 2.24) is 9.80 Å². The van der Waals surface area contributed by atoms with Crippen LogP contribution in [0.3, 0.4) is 0 Å². The molecule has 0 aliphatic carbocycles. The van der Waals surface area contributed by atoms with Crippen LogP contribution in [0.2, 0.25) is 0 Å². The SMILES string of the molecule is CCOC(=O)N1CCN(C(=O)Cc2ccc(OC(F)F)cc2)CC1. The molecule has 0 spiro atoms. The summed E-state index contributed by atoms with van der Waals surface area (Å²) in [6.07, 6.45) is -0.187. The molecule has 1 aromatic carbocycles. The summed E-state index contributed by atoms with van der Waals surface area (Å²) in [7, 11) is 0. The summed E-state index contributed by atoms with van der Waals surface area (Å²) in [5.41, 5.74) is 0.717. The summed E-state index contributed by atoms with van der Waals surface area (Å²) >= 11 is 0. The molecule has 1 aliphatic rings. The third-order valence-corrected chi connectivity index (χ3v) is 3.66. The van der Waals surface area contributed by atoms with Gasteiger partial charge in [-0.15, -0.1) is 0 Å². The minimum absolute atomic E-state index is 0.0595. The molecule has 0 N–H and O–H groups in total. The average Bonchev–Trinajstić information content (AvgIpc) is 2.56. The molecule has 24 heavy (non-hydrogen) atoms. The Morgan fingerprint density at radius 3 is 2.21 bits per heavy atom. The average molecular weight is 342 g/mol. The number of rotatable bonds is 5. The van der Waals surface area contributed by atoms with E-state index in [-0.39, 0.29) is 24.2 Å². The van der Waals surface area contributed by atoms with Crippen molar-refractivity contribution >= 4 is 12.0 Å². The molecule has 1 fully saturated rings.